The minimum Gasteiger partial charge on any atom is -0.367 e. The van der Waals surface area contributed by atoms with Crippen LogP contribution in [0.1, 0.15) is 43.5 Å². The number of benzene rings is 1. The van der Waals surface area contributed by atoms with Gasteiger partial charge in [0.05, 0.1) is 17.9 Å². The Kier molecular flexibility index (Phi) is 5.78. The van der Waals surface area contributed by atoms with Gasteiger partial charge in [-0.25, -0.2) is 0 Å². The fraction of sp³-hybridized carbons (Fsp3) is 0.471. The summed E-state index contributed by atoms with van der Waals surface area (Å²) < 4.78 is 0. The third-order valence-corrected chi connectivity index (χ3v) is 4.17. The molecule has 2 rings (SSSR count). The highest BCUT2D eigenvalue weighted by Crippen LogP contribution is 2.32. The van der Waals surface area contributed by atoms with Gasteiger partial charge in [-0.2, -0.15) is 0 Å². The maximum Gasteiger partial charge on any atom is 0.248 e. The molecule has 3 amide bonds. The highest BCUT2D eigenvalue weighted by molar-refractivity contribution is 6.00. The Bertz CT molecular complexity index is 645. The summed E-state index contributed by atoms with van der Waals surface area (Å²) in [5.41, 5.74) is 7.08. The van der Waals surface area contributed by atoms with Crippen LogP contribution in [0.3, 0.4) is 0 Å². The summed E-state index contributed by atoms with van der Waals surface area (Å²) in [4.78, 5) is 36.7. The Morgan fingerprint density at radius 2 is 2.04 bits per heavy atom. The molecule has 4 N–H and O–H groups in total. The van der Waals surface area contributed by atoms with Crippen LogP contribution in [0.4, 0.5) is 11.4 Å². The Morgan fingerprint density at radius 1 is 1.29 bits per heavy atom. The van der Waals surface area contributed by atoms with E-state index in [1.54, 1.807) is 12.1 Å². The lowest BCUT2D eigenvalue weighted by Gasteiger charge is -2.36. The number of piperidine rings is 1. The summed E-state index contributed by atoms with van der Waals surface area (Å²) in [6.45, 7) is 4.27. The zero-order valence-corrected chi connectivity index (χ0v) is 14.1. The van der Waals surface area contributed by atoms with Gasteiger partial charge in [0.2, 0.25) is 17.7 Å². The van der Waals surface area contributed by atoms with Crippen LogP contribution in [0.25, 0.3) is 0 Å². The van der Waals surface area contributed by atoms with E-state index in [-0.39, 0.29) is 18.4 Å². The van der Waals surface area contributed by atoms with Crippen LogP contribution < -0.4 is 21.3 Å². The first kappa shape index (κ1) is 17.8. The summed E-state index contributed by atoms with van der Waals surface area (Å²) in [5.74, 6) is -1.18. The lowest BCUT2D eigenvalue weighted by Crippen LogP contribution is -2.38. The maximum atomic E-state index is 12.1. The summed E-state index contributed by atoms with van der Waals surface area (Å²) in [6.07, 6.45) is 3.35. The second-order valence-electron chi connectivity index (χ2n) is 6.09. The van der Waals surface area contributed by atoms with Crippen LogP contribution in [0.5, 0.6) is 0 Å². The zero-order chi connectivity index (χ0) is 17.7. The van der Waals surface area contributed by atoms with Gasteiger partial charge in [0, 0.05) is 25.1 Å². The van der Waals surface area contributed by atoms with E-state index in [1.165, 1.54) is 13.3 Å². The van der Waals surface area contributed by atoms with E-state index in [1.807, 2.05) is 6.07 Å². The van der Waals surface area contributed by atoms with Crippen molar-refractivity contribution >= 4 is 29.1 Å². The molecule has 130 valence electrons. The number of anilines is 2. The van der Waals surface area contributed by atoms with E-state index < -0.39 is 5.91 Å². The third-order valence-electron chi connectivity index (χ3n) is 4.17. The Balaban J connectivity index is 2.27. The Hall–Kier alpha value is -2.57. The lowest BCUT2D eigenvalue weighted by molar-refractivity contribution is -0.122. The van der Waals surface area contributed by atoms with Crippen molar-refractivity contribution in [2.24, 2.45) is 5.73 Å². The Morgan fingerprint density at radius 3 is 2.67 bits per heavy atom. The molecule has 1 fully saturated rings. The number of primary amides is 1. The van der Waals surface area contributed by atoms with Crippen LogP contribution in [0.2, 0.25) is 0 Å². The van der Waals surface area contributed by atoms with E-state index in [4.69, 9.17) is 5.73 Å². The predicted molar refractivity (Wildman–Crippen MR) is 92.9 cm³/mol. The third kappa shape index (κ3) is 4.47. The van der Waals surface area contributed by atoms with Crippen molar-refractivity contribution in [2.75, 3.05) is 23.3 Å². The summed E-state index contributed by atoms with van der Waals surface area (Å²) in [5, 5.41) is 5.23. The average Bonchev–Trinajstić information content (AvgIpc) is 2.53. The molecule has 7 heteroatoms. The molecule has 0 unspecified atom stereocenters. The number of carbonyl (C=O) groups excluding carboxylic acids is 3. The van der Waals surface area contributed by atoms with Gasteiger partial charge in [-0.1, -0.05) is 0 Å². The second kappa shape index (κ2) is 7.81. The molecular formula is C17H24N4O3. The second-order valence-corrected chi connectivity index (χ2v) is 6.09. The molecule has 1 aliphatic heterocycles. The van der Waals surface area contributed by atoms with Crippen molar-refractivity contribution < 1.29 is 14.4 Å². The molecule has 0 radical (unpaired) electrons. The normalized spacial score (nSPS) is 17.2. The van der Waals surface area contributed by atoms with Crippen molar-refractivity contribution in [1.29, 1.82) is 0 Å². The molecule has 0 aliphatic carbocycles. The highest BCUT2D eigenvalue weighted by Gasteiger charge is 2.22. The molecule has 1 atom stereocenters. The summed E-state index contributed by atoms with van der Waals surface area (Å²) in [6, 6.07) is 5.42. The van der Waals surface area contributed by atoms with E-state index in [2.05, 4.69) is 22.5 Å². The minimum absolute atomic E-state index is 0.120. The summed E-state index contributed by atoms with van der Waals surface area (Å²) >= 11 is 0. The van der Waals surface area contributed by atoms with Crippen LogP contribution in [0.15, 0.2) is 18.2 Å². The number of nitrogens with one attached hydrogen (secondary N) is 2. The quantitative estimate of drug-likeness (QED) is 0.754. The molecule has 1 aromatic carbocycles. The van der Waals surface area contributed by atoms with Crippen LogP contribution in [-0.4, -0.2) is 36.9 Å². The van der Waals surface area contributed by atoms with E-state index in [0.29, 0.717) is 17.3 Å². The number of rotatable bonds is 5. The molecule has 0 aromatic heterocycles. The fourth-order valence-electron chi connectivity index (χ4n) is 2.90. The number of amides is 3. The van der Waals surface area contributed by atoms with E-state index in [0.717, 1.165) is 25.1 Å². The topological polar surface area (TPSA) is 105 Å². The Labute approximate surface area is 141 Å². The van der Waals surface area contributed by atoms with Crippen molar-refractivity contribution in [3.63, 3.8) is 0 Å². The molecule has 24 heavy (non-hydrogen) atoms. The first-order valence-electron chi connectivity index (χ1n) is 8.13. The number of nitrogens with two attached hydrogens (primary N) is 1. The number of carbonyl (C=O) groups is 3. The fourth-order valence-corrected chi connectivity index (χ4v) is 2.90. The number of nitrogens with zero attached hydrogens (tertiary/aromatic N) is 1. The van der Waals surface area contributed by atoms with Crippen LogP contribution in [-0.2, 0) is 9.59 Å². The predicted octanol–water partition coefficient (Wildman–Crippen LogP) is 1.24. The monoisotopic (exact) mass is 332 g/mol. The molecule has 1 aromatic rings. The summed E-state index contributed by atoms with van der Waals surface area (Å²) in [7, 11) is 0. The average molecular weight is 332 g/mol. The molecule has 0 spiro atoms. The molecule has 0 bridgehead atoms. The number of hydrogen-bond acceptors (Lipinski definition) is 4. The first-order valence-corrected chi connectivity index (χ1v) is 8.13. The number of hydrogen-bond donors (Lipinski definition) is 3. The van der Waals surface area contributed by atoms with Gasteiger partial charge in [0.15, 0.2) is 0 Å². The van der Waals surface area contributed by atoms with Gasteiger partial charge >= 0.3 is 0 Å². The zero-order valence-electron chi connectivity index (χ0n) is 14.1. The molecule has 1 saturated heterocycles. The van der Waals surface area contributed by atoms with Gasteiger partial charge in [-0.05, 0) is 44.4 Å². The molecule has 1 heterocycles. The largest absolute Gasteiger partial charge is 0.367 e. The van der Waals surface area contributed by atoms with Crippen molar-refractivity contribution in [2.45, 2.75) is 39.2 Å². The van der Waals surface area contributed by atoms with Crippen molar-refractivity contribution in [1.82, 2.24) is 5.32 Å². The van der Waals surface area contributed by atoms with Crippen molar-refractivity contribution in [3.8, 4) is 0 Å². The van der Waals surface area contributed by atoms with E-state index in [9.17, 15) is 14.4 Å². The molecule has 7 nitrogen and oxygen atoms in total. The van der Waals surface area contributed by atoms with Gasteiger partial charge < -0.3 is 21.3 Å². The highest BCUT2D eigenvalue weighted by atomic mass is 16.2. The molecular weight excluding hydrogens is 308 g/mol. The minimum atomic E-state index is -0.550. The lowest BCUT2D eigenvalue weighted by atomic mass is 10.0. The van der Waals surface area contributed by atoms with Gasteiger partial charge in [-0.3, -0.25) is 14.4 Å². The first-order chi connectivity index (χ1) is 11.4. The smallest absolute Gasteiger partial charge is 0.248 e. The standard InChI is InChI=1S/C17H24N4O3/c1-11-5-3-4-8-21(11)15-7-6-13(17(18)24)9-14(15)20-16(23)10-19-12(2)22/h6-7,9,11H,3-5,8,10H2,1-2H3,(H2,18,24)(H,19,22)(H,20,23)/t11-/m1/s1. The van der Waals surface area contributed by atoms with Gasteiger partial charge in [0.1, 0.15) is 0 Å². The van der Waals surface area contributed by atoms with Crippen LogP contribution >= 0.6 is 0 Å². The van der Waals surface area contributed by atoms with Gasteiger partial charge in [-0.15, -0.1) is 0 Å². The van der Waals surface area contributed by atoms with E-state index >= 15 is 0 Å². The SMILES string of the molecule is CC(=O)NCC(=O)Nc1cc(C(N)=O)ccc1N1CCCC[C@H]1C. The molecule has 0 saturated carbocycles. The van der Waals surface area contributed by atoms with Crippen molar-refractivity contribution in [3.05, 3.63) is 23.8 Å². The maximum absolute atomic E-state index is 12.1. The van der Waals surface area contributed by atoms with Gasteiger partial charge in [0.25, 0.3) is 0 Å². The van der Waals surface area contributed by atoms with Crippen LogP contribution in [0, 0.1) is 0 Å². The molecule has 1 aliphatic rings.